The van der Waals surface area contributed by atoms with Crippen molar-refractivity contribution < 1.29 is 27.2 Å². The lowest BCUT2D eigenvalue weighted by atomic mass is 10.2. The number of nitrogens with zero attached hydrogens (tertiary/aromatic N) is 4. The first-order chi connectivity index (χ1) is 13.4. The van der Waals surface area contributed by atoms with Crippen LogP contribution in [0.25, 0.3) is 11.4 Å². The van der Waals surface area contributed by atoms with Crippen LogP contribution in [0.4, 0.5) is 18.3 Å². The average molecular weight is 433 g/mol. The fourth-order valence-electron chi connectivity index (χ4n) is 2.04. The number of alkyl halides is 3. The molecule has 3 aromatic rings. The van der Waals surface area contributed by atoms with E-state index >= 15 is 0 Å². The van der Waals surface area contributed by atoms with Crippen LogP contribution in [0.15, 0.2) is 27.1 Å². The second-order valence-electron chi connectivity index (χ2n) is 5.21. The highest BCUT2D eigenvalue weighted by Crippen LogP contribution is 2.32. The van der Waals surface area contributed by atoms with E-state index in [1.807, 2.05) is 0 Å². The zero-order chi connectivity index (χ0) is 20.1. The van der Waals surface area contributed by atoms with Gasteiger partial charge in [-0.05, 0) is 18.2 Å². The number of hydrogen-bond donors (Lipinski definition) is 1. The third-order valence-electron chi connectivity index (χ3n) is 3.28. The van der Waals surface area contributed by atoms with Gasteiger partial charge in [0.15, 0.2) is 15.8 Å². The highest BCUT2D eigenvalue weighted by atomic mass is 32.2. The van der Waals surface area contributed by atoms with Crippen molar-refractivity contribution in [2.75, 3.05) is 26.1 Å². The van der Waals surface area contributed by atoms with Gasteiger partial charge in [-0.25, -0.2) is 0 Å². The number of halogens is 3. The largest absolute Gasteiger partial charge is 0.493 e. The molecule has 0 fully saturated rings. The molecule has 0 spiro atoms. The van der Waals surface area contributed by atoms with E-state index in [1.165, 1.54) is 18.9 Å². The molecule has 0 unspecified atom stereocenters. The van der Waals surface area contributed by atoms with Crippen LogP contribution < -0.4 is 14.8 Å². The van der Waals surface area contributed by atoms with Gasteiger partial charge in [-0.3, -0.25) is 0 Å². The minimum Gasteiger partial charge on any atom is -0.493 e. The molecule has 0 radical (unpaired) electrons. The molecule has 0 saturated carbocycles. The summed E-state index contributed by atoms with van der Waals surface area (Å²) >= 11 is 2.25. The first kappa shape index (κ1) is 20.2. The Labute approximate surface area is 165 Å². The average Bonchev–Trinajstić information content (AvgIpc) is 3.33. The number of anilines is 1. The fourth-order valence-corrected chi connectivity index (χ4v) is 3.63. The molecular weight excluding hydrogens is 419 g/mol. The summed E-state index contributed by atoms with van der Waals surface area (Å²) < 4.78 is 52.7. The lowest BCUT2D eigenvalue weighted by molar-refractivity contribution is -0.115. The van der Waals surface area contributed by atoms with Crippen LogP contribution >= 0.6 is 23.1 Å². The minimum atomic E-state index is -4.32. The Balaban J connectivity index is 1.60. The molecule has 0 aliphatic rings. The van der Waals surface area contributed by atoms with Crippen LogP contribution in [0.5, 0.6) is 11.5 Å². The standard InChI is InChI=1S/C15H14F3N5O3S2/c1-24-9-4-3-8(5-10(9)25-2)12-20-11(26-23-12)6-27-14-22-21-13(28-14)19-7-15(16,17)18/h3-5H,6-7H2,1-2H3,(H,19,21). The molecule has 1 aromatic carbocycles. The van der Waals surface area contributed by atoms with Gasteiger partial charge in [-0.15, -0.1) is 10.2 Å². The van der Waals surface area contributed by atoms with E-state index < -0.39 is 12.7 Å². The van der Waals surface area contributed by atoms with E-state index in [4.69, 9.17) is 14.0 Å². The number of benzene rings is 1. The smallest absolute Gasteiger partial charge is 0.405 e. The topological polar surface area (TPSA) is 95.2 Å². The Morgan fingerprint density at radius 3 is 2.68 bits per heavy atom. The summed E-state index contributed by atoms with van der Waals surface area (Å²) in [5.41, 5.74) is 0.687. The van der Waals surface area contributed by atoms with E-state index in [9.17, 15) is 13.2 Å². The zero-order valence-corrected chi connectivity index (χ0v) is 16.2. The van der Waals surface area contributed by atoms with Crippen LogP contribution in [0.2, 0.25) is 0 Å². The molecule has 150 valence electrons. The maximum atomic E-state index is 12.2. The normalized spacial score (nSPS) is 11.5. The SMILES string of the molecule is COc1ccc(-c2noc(CSc3nnc(NCC(F)(F)F)s3)n2)cc1OC. The van der Waals surface area contributed by atoms with Gasteiger partial charge in [0.25, 0.3) is 0 Å². The molecule has 0 aliphatic carbocycles. The van der Waals surface area contributed by atoms with E-state index in [-0.39, 0.29) is 5.13 Å². The molecule has 0 bridgehead atoms. The summed E-state index contributed by atoms with van der Waals surface area (Å²) in [6, 6.07) is 5.23. The van der Waals surface area contributed by atoms with Crippen LogP contribution in [0.3, 0.4) is 0 Å². The van der Waals surface area contributed by atoms with Gasteiger partial charge < -0.3 is 19.3 Å². The number of aromatic nitrogens is 4. The fraction of sp³-hybridized carbons (Fsp3) is 0.333. The van der Waals surface area contributed by atoms with Crippen molar-refractivity contribution >= 4 is 28.2 Å². The first-order valence-electron chi connectivity index (χ1n) is 7.70. The molecule has 1 N–H and O–H groups in total. The lowest BCUT2D eigenvalue weighted by Gasteiger charge is -2.07. The Bertz CT molecular complexity index is 932. The van der Waals surface area contributed by atoms with Crippen molar-refractivity contribution in [3.63, 3.8) is 0 Å². The van der Waals surface area contributed by atoms with Gasteiger partial charge in [0, 0.05) is 5.56 Å². The van der Waals surface area contributed by atoms with Gasteiger partial charge in [-0.1, -0.05) is 28.3 Å². The first-order valence-corrected chi connectivity index (χ1v) is 9.50. The van der Waals surface area contributed by atoms with Crippen molar-refractivity contribution in [3.8, 4) is 22.9 Å². The van der Waals surface area contributed by atoms with Crippen LogP contribution in [-0.2, 0) is 5.75 Å². The number of hydrogen-bond acceptors (Lipinski definition) is 10. The summed E-state index contributed by atoms with van der Waals surface area (Å²) in [5.74, 6) is 2.13. The highest BCUT2D eigenvalue weighted by Gasteiger charge is 2.27. The molecule has 28 heavy (non-hydrogen) atoms. The predicted molar refractivity (Wildman–Crippen MR) is 96.9 cm³/mol. The quantitative estimate of drug-likeness (QED) is 0.531. The molecule has 8 nitrogen and oxygen atoms in total. The van der Waals surface area contributed by atoms with Gasteiger partial charge in [-0.2, -0.15) is 18.2 Å². The summed E-state index contributed by atoms with van der Waals surface area (Å²) in [4.78, 5) is 4.30. The molecule has 0 aliphatic heterocycles. The molecule has 2 heterocycles. The van der Waals surface area contributed by atoms with Crippen molar-refractivity contribution in [2.45, 2.75) is 16.3 Å². The third kappa shape index (κ3) is 5.25. The molecule has 0 saturated heterocycles. The van der Waals surface area contributed by atoms with E-state index in [2.05, 4.69) is 25.7 Å². The molecule has 3 rings (SSSR count). The van der Waals surface area contributed by atoms with Crippen molar-refractivity contribution in [1.29, 1.82) is 0 Å². The summed E-state index contributed by atoms with van der Waals surface area (Å²) in [7, 11) is 3.07. The Morgan fingerprint density at radius 1 is 1.18 bits per heavy atom. The maximum Gasteiger partial charge on any atom is 0.405 e. The summed E-state index contributed by atoms with van der Waals surface area (Å²) in [5, 5.41) is 13.7. The molecule has 13 heteroatoms. The molecular formula is C15H14F3N5O3S2. The summed E-state index contributed by atoms with van der Waals surface area (Å²) in [6.45, 7) is -1.16. The number of methoxy groups -OCH3 is 2. The van der Waals surface area contributed by atoms with Crippen molar-refractivity contribution in [3.05, 3.63) is 24.1 Å². The van der Waals surface area contributed by atoms with Crippen molar-refractivity contribution in [2.24, 2.45) is 0 Å². The van der Waals surface area contributed by atoms with Gasteiger partial charge in [0.05, 0.1) is 20.0 Å². The lowest BCUT2D eigenvalue weighted by Crippen LogP contribution is -2.21. The van der Waals surface area contributed by atoms with Crippen molar-refractivity contribution in [1.82, 2.24) is 20.3 Å². The zero-order valence-electron chi connectivity index (χ0n) is 14.6. The van der Waals surface area contributed by atoms with Gasteiger partial charge >= 0.3 is 6.18 Å². The van der Waals surface area contributed by atoms with E-state index in [0.29, 0.717) is 38.9 Å². The third-order valence-corrected chi connectivity index (χ3v) is 5.27. The van der Waals surface area contributed by atoms with Crippen LogP contribution in [0, 0.1) is 0 Å². The highest BCUT2D eigenvalue weighted by molar-refractivity contribution is 8.00. The Kier molecular flexibility index (Phi) is 6.24. The van der Waals surface area contributed by atoms with E-state index in [1.54, 1.807) is 25.3 Å². The second-order valence-corrected chi connectivity index (χ2v) is 7.41. The number of nitrogens with one attached hydrogen (secondary N) is 1. The number of rotatable bonds is 8. The van der Waals surface area contributed by atoms with Crippen LogP contribution in [-0.4, -0.2) is 47.3 Å². The maximum absolute atomic E-state index is 12.2. The monoisotopic (exact) mass is 433 g/mol. The minimum absolute atomic E-state index is 0.0939. The van der Waals surface area contributed by atoms with Gasteiger partial charge in [0.1, 0.15) is 6.54 Å². The molecule has 0 amide bonds. The molecule has 2 aromatic heterocycles. The number of ether oxygens (including phenoxy) is 2. The second kappa shape index (κ2) is 8.65. The van der Waals surface area contributed by atoms with E-state index in [0.717, 1.165) is 11.3 Å². The Hall–Kier alpha value is -2.54. The van der Waals surface area contributed by atoms with Gasteiger partial charge in [0.2, 0.25) is 16.8 Å². The predicted octanol–water partition coefficient (Wildman–Crippen LogP) is 3.87. The number of thioether (sulfide) groups is 1. The van der Waals surface area contributed by atoms with Crippen LogP contribution in [0.1, 0.15) is 5.89 Å². The molecule has 0 atom stereocenters. The Morgan fingerprint density at radius 2 is 1.96 bits per heavy atom. The summed E-state index contributed by atoms with van der Waals surface area (Å²) in [6.07, 6.45) is -4.32.